The first-order valence-corrected chi connectivity index (χ1v) is 3.35. The molecule has 1 aromatic rings. The van der Waals surface area contributed by atoms with Crippen molar-refractivity contribution in [2.24, 2.45) is 0 Å². The van der Waals surface area contributed by atoms with E-state index in [0.29, 0.717) is 0 Å². The summed E-state index contributed by atoms with van der Waals surface area (Å²) in [6.45, 7) is 1.50. The number of hydrogen-bond acceptors (Lipinski definition) is 4. The molecule has 7 heteroatoms. The Morgan fingerprint density at radius 1 is 1.54 bits per heavy atom. The zero-order valence-electron chi connectivity index (χ0n) is 6.55. The smallest absolute Gasteiger partial charge is 0.428 e. The van der Waals surface area contributed by atoms with E-state index >= 15 is 0 Å². The fourth-order valence-electron chi connectivity index (χ4n) is 0.745. The summed E-state index contributed by atoms with van der Waals surface area (Å²) >= 11 is 0. The van der Waals surface area contributed by atoms with Crippen LogP contribution in [0.25, 0.3) is 0 Å². The van der Waals surface area contributed by atoms with Gasteiger partial charge in [0.2, 0.25) is 5.56 Å². The third-order valence-electron chi connectivity index (χ3n) is 1.21. The summed E-state index contributed by atoms with van der Waals surface area (Å²) in [5, 5.41) is 11.6. The van der Waals surface area contributed by atoms with Gasteiger partial charge in [0.05, 0.1) is 6.61 Å². The number of nitrogens with zero attached hydrogens (tertiary/aromatic N) is 1. The molecule has 4 nitrogen and oxygen atoms in total. The Balaban J connectivity index is 3.09. The van der Waals surface area contributed by atoms with Gasteiger partial charge in [-0.05, 0) is 12.1 Å². The van der Waals surface area contributed by atoms with Gasteiger partial charge in [-0.15, -0.1) is 0 Å². The minimum Gasteiger partial charge on any atom is -0.479 e. The minimum absolute atomic E-state index is 0.00898. The zero-order chi connectivity index (χ0) is 10.1. The van der Waals surface area contributed by atoms with Crippen molar-refractivity contribution in [1.29, 1.82) is 0 Å². The summed E-state index contributed by atoms with van der Waals surface area (Å²) in [6.07, 6.45) is -4.73. The molecule has 0 atom stereocenters. The second kappa shape index (κ2) is 3.15. The summed E-state index contributed by atoms with van der Waals surface area (Å²) < 4.78 is 44.8. The Morgan fingerprint density at radius 2 is 2.15 bits per heavy atom. The minimum atomic E-state index is -4.73. The van der Waals surface area contributed by atoms with E-state index in [2.05, 4.69) is 14.4 Å². The lowest BCUT2D eigenvalue weighted by molar-refractivity contribution is -0.140. The Hall–Kier alpha value is -1.40. The van der Waals surface area contributed by atoms with Crippen molar-refractivity contribution < 1.29 is 27.5 Å². The highest BCUT2D eigenvalue weighted by atomic mass is 19.4. The molecular weight excluding hydrogens is 191 g/mol. The Kier molecular flexibility index (Phi) is 2.35. The van der Waals surface area contributed by atoms with Crippen LogP contribution in [0.4, 0.5) is 13.2 Å². The largest absolute Gasteiger partial charge is 0.479 e. The van der Waals surface area contributed by atoms with Crippen molar-refractivity contribution >= 4 is 0 Å². The van der Waals surface area contributed by atoms with E-state index in [9.17, 15) is 13.2 Å². The molecule has 0 unspecified atom stereocenters. The van der Waals surface area contributed by atoms with Crippen LogP contribution in [0.15, 0.2) is 4.52 Å². The van der Waals surface area contributed by atoms with Crippen molar-refractivity contribution in [3.8, 4) is 11.8 Å². The molecule has 0 fully saturated rings. The molecule has 0 aliphatic rings. The van der Waals surface area contributed by atoms with Gasteiger partial charge in [-0.2, -0.15) is 13.2 Å². The van der Waals surface area contributed by atoms with E-state index in [1.165, 1.54) is 6.92 Å². The molecule has 0 bridgehead atoms. The number of aromatic hydroxyl groups is 1. The van der Waals surface area contributed by atoms with Crippen molar-refractivity contribution in [3.63, 3.8) is 0 Å². The van der Waals surface area contributed by atoms with E-state index in [1.54, 1.807) is 0 Å². The van der Waals surface area contributed by atoms with Gasteiger partial charge < -0.3 is 14.4 Å². The number of rotatable bonds is 2. The number of hydrogen-bond donors (Lipinski definition) is 1. The molecule has 74 valence electrons. The van der Waals surface area contributed by atoms with Gasteiger partial charge in [-0.1, -0.05) is 0 Å². The summed E-state index contributed by atoms with van der Waals surface area (Å²) in [4.78, 5) is 0. The molecular formula is C6H6F3NO3. The van der Waals surface area contributed by atoms with Gasteiger partial charge in [-0.3, -0.25) is 0 Å². The molecule has 1 aromatic heterocycles. The maximum atomic E-state index is 12.1. The lowest BCUT2D eigenvalue weighted by Gasteiger charge is -2.04. The maximum Gasteiger partial charge on any atom is 0.428 e. The Labute approximate surface area is 70.9 Å². The lowest BCUT2D eigenvalue weighted by Crippen LogP contribution is -2.07. The van der Waals surface area contributed by atoms with E-state index in [4.69, 9.17) is 5.11 Å². The summed E-state index contributed by atoms with van der Waals surface area (Å²) in [5.41, 5.74) is -1.38. The standard InChI is InChI=1S/C6H6F3NO3/c1-2-12-4-3(6(7,8)9)5(11)13-10-4/h11H,2H2,1H3. The van der Waals surface area contributed by atoms with Gasteiger partial charge in [0.15, 0.2) is 0 Å². The predicted molar refractivity (Wildman–Crippen MR) is 34.3 cm³/mol. The highest BCUT2D eigenvalue weighted by Gasteiger charge is 2.42. The van der Waals surface area contributed by atoms with Crippen LogP contribution in [-0.4, -0.2) is 16.9 Å². The van der Waals surface area contributed by atoms with E-state index in [-0.39, 0.29) is 6.61 Å². The fourth-order valence-corrected chi connectivity index (χ4v) is 0.745. The molecule has 0 radical (unpaired) electrons. The average molecular weight is 197 g/mol. The molecule has 0 spiro atoms. The Bertz CT molecular complexity index is 294. The topological polar surface area (TPSA) is 55.5 Å². The molecule has 1 N–H and O–H groups in total. The van der Waals surface area contributed by atoms with Crippen LogP contribution in [0.5, 0.6) is 11.8 Å². The van der Waals surface area contributed by atoms with Crippen LogP contribution >= 0.6 is 0 Å². The third-order valence-corrected chi connectivity index (χ3v) is 1.21. The first-order chi connectivity index (χ1) is 5.96. The molecule has 0 saturated carbocycles. The second-order valence-electron chi connectivity index (χ2n) is 2.10. The fraction of sp³-hybridized carbons (Fsp3) is 0.500. The molecule has 0 saturated heterocycles. The van der Waals surface area contributed by atoms with Gasteiger partial charge in [-0.25, -0.2) is 0 Å². The number of ether oxygens (including phenoxy) is 1. The van der Waals surface area contributed by atoms with Crippen molar-refractivity contribution in [1.82, 2.24) is 5.16 Å². The van der Waals surface area contributed by atoms with Crippen LogP contribution in [0.3, 0.4) is 0 Å². The highest BCUT2D eigenvalue weighted by Crippen LogP contribution is 2.41. The first kappa shape index (κ1) is 9.69. The SMILES string of the molecule is CCOc1noc(O)c1C(F)(F)F. The monoisotopic (exact) mass is 197 g/mol. The molecule has 0 amide bonds. The van der Waals surface area contributed by atoms with Crippen LogP contribution in [-0.2, 0) is 6.18 Å². The normalized spacial score (nSPS) is 11.7. The van der Waals surface area contributed by atoms with Crippen LogP contribution in [0.2, 0.25) is 0 Å². The molecule has 1 rings (SSSR count). The Morgan fingerprint density at radius 3 is 2.62 bits per heavy atom. The number of aromatic nitrogens is 1. The zero-order valence-corrected chi connectivity index (χ0v) is 6.55. The van der Waals surface area contributed by atoms with E-state index < -0.39 is 23.6 Å². The molecule has 1 heterocycles. The van der Waals surface area contributed by atoms with Gasteiger partial charge in [0.25, 0.3) is 5.88 Å². The van der Waals surface area contributed by atoms with Crippen LogP contribution in [0, 0.1) is 0 Å². The molecule has 0 aromatic carbocycles. The maximum absolute atomic E-state index is 12.1. The molecule has 13 heavy (non-hydrogen) atoms. The summed E-state index contributed by atoms with van der Waals surface area (Å²) in [5.74, 6) is -2.02. The third kappa shape index (κ3) is 1.85. The molecule has 0 aliphatic heterocycles. The predicted octanol–water partition coefficient (Wildman–Crippen LogP) is 1.80. The highest BCUT2D eigenvalue weighted by molar-refractivity contribution is 5.34. The lowest BCUT2D eigenvalue weighted by atomic mass is 10.3. The first-order valence-electron chi connectivity index (χ1n) is 3.35. The van der Waals surface area contributed by atoms with Gasteiger partial charge in [0, 0.05) is 0 Å². The van der Waals surface area contributed by atoms with Crippen molar-refractivity contribution in [2.45, 2.75) is 13.1 Å². The van der Waals surface area contributed by atoms with Gasteiger partial charge >= 0.3 is 12.1 Å². The number of halogens is 3. The second-order valence-corrected chi connectivity index (χ2v) is 2.10. The van der Waals surface area contributed by atoms with Crippen LogP contribution in [0.1, 0.15) is 12.5 Å². The number of alkyl halides is 3. The van der Waals surface area contributed by atoms with Crippen molar-refractivity contribution in [3.05, 3.63) is 5.56 Å². The summed E-state index contributed by atoms with van der Waals surface area (Å²) in [6, 6.07) is 0. The molecule has 0 aliphatic carbocycles. The van der Waals surface area contributed by atoms with E-state index in [1.807, 2.05) is 0 Å². The quantitative estimate of drug-likeness (QED) is 0.785. The average Bonchev–Trinajstić information content (AvgIpc) is 2.31. The van der Waals surface area contributed by atoms with Crippen LogP contribution < -0.4 is 4.74 Å². The van der Waals surface area contributed by atoms with E-state index in [0.717, 1.165) is 0 Å². The van der Waals surface area contributed by atoms with Crippen molar-refractivity contribution in [2.75, 3.05) is 6.61 Å². The summed E-state index contributed by atoms with van der Waals surface area (Å²) in [7, 11) is 0. The van der Waals surface area contributed by atoms with Gasteiger partial charge in [0.1, 0.15) is 0 Å².